The summed E-state index contributed by atoms with van der Waals surface area (Å²) in [5.74, 6) is -0.804. The summed E-state index contributed by atoms with van der Waals surface area (Å²) in [6.07, 6.45) is 1.45. The summed E-state index contributed by atoms with van der Waals surface area (Å²) in [6, 6.07) is 9.19. The van der Waals surface area contributed by atoms with Crippen LogP contribution in [0.4, 0.5) is 5.69 Å². The van der Waals surface area contributed by atoms with Crippen molar-refractivity contribution in [3.8, 4) is 11.4 Å². The van der Waals surface area contributed by atoms with Crippen LogP contribution in [0.15, 0.2) is 47.6 Å². The van der Waals surface area contributed by atoms with Crippen molar-refractivity contribution < 1.29 is 23.1 Å². The summed E-state index contributed by atoms with van der Waals surface area (Å²) < 4.78 is 34.5. The minimum Gasteiger partial charge on any atom is -0.482 e. The molecule has 0 aliphatic carbocycles. The van der Waals surface area contributed by atoms with E-state index < -0.39 is 22.6 Å². The Morgan fingerprint density at radius 1 is 1.18 bits per heavy atom. The summed E-state index contributed by atoms with van der Waals surface area (Å²) >= 11 is 0. The Kier molecular flexibility index (Phi) is 5.27. The summed E-state index contributed by atoms with van der Waals surface area (Å²) in [5.41, 5.74) is 2.40. The number of hydrogen-bond donors (Lipinski definition) is 2. The summed E-state index contributed by atoms with van der Waals surface area (Å²) in [6.45, 7) is 2.95. The fourth-order valence-electron chi connectivity index (χ4n) is 2.55. The van der Waals surface area contributed by atoms with Gasteiger partial charge in [-0.15, -0.1) is 5.10 Å². The van der Waals surface area contributed by atoms with Crippen LogP contribution in [0.5, 0.6) is 5.75 Å². The molecule has 1 aromatic heterocycles. The van der Waals surface area contributed by atoms with Crippen molar-refractivity contribution in [2.24, 2.45) is 0 Å². The maximum absolute atomic E-state index is 12.7. The molecule has 2 aromatic carbocycles. The number of ether oxygens (including phenoxy) is 1. The lowest BCUT2D eigenvalue weighted by atomic mass is 10.2. The van der Waals surface area contributed by atoms with Gasteiger partial charge in [0.1, 0.15) is 12.1 Å². The van der Waals surface area contributed by atoms with Crippen LogP contribution in [-0.2, 0) is 14.8 Å². The van der Waals surface area contributed by atoms with E-state index in [-0.39, 0.29) is 4.90 Å². The minimum atomic E-state index is -3.84. The smallest absolute Gasteiger partial charge is 0.341 e. The number of benzene rings is 2. The Labute approximate surface area is 160 Å². The Bertz CT molecular complexity index is 1110. The topological polar surface area (TPSA) is 136 Å². The highest BCUT2D eigenvalue weighted by molar-refractivity contribution is 7.92. The largest absolute Gasteiger partial charge is 0.482 e. The lowest BCUT2D eigenvalue weighted by Crippen LogP contribution is -2.14. The second kappa shape index (κ2) is 7.64. The number of rotatable bonds is 7. The molecule has 0 aliphatic heterocycles. The number of aliphatic carboxylic acids is 1. The molecular formula is C17H17N5O5S. The van der Waals surface area contributed by atoms with E-state index in [0.29, 0.717) is 17.0 Å². The van der Waals surface area contributed by atoms with Gasteiger partial charge in [-0.25, -0.2) is 17.9 Å². The third kappa shape index (κ3) is 4.26. The van der Waals surface area contributed by atoms with Crippen LogP contribution in [0.3, 0.4) is 0 Å². The second-order valence-corrected chi connectivity index (χ2v) is 7.65. The molecule has 0 atom stereocenters. The number of tetrazole rings is 1. The van der Waals surface area contributed by atoms with Gasteiger partial charge < -0.3 is 9.84 Å². The molecule has 0 bridgehead atoms. The van der Waals surface area contributed by atoms with E-state index in [1.54, 1.807) is 25.1 Å². The highest BCUT2D eigenvalue weighted by Gasteiger charge is 2.17. The van der Waals surface area contributed by atoms with E-state index in [1.807, 2.05) is 6.92 Å². The van der Waals surface area contributed by atoms with Crippen molar-refractivity contribution in [3.05, 3.63) is 53.9 Å². The summed E-state index contributed by atoms with van der Waals surface area (Å²) in [7, 11) is -3.84. The van der Waals surface area contributed by atoms with Crippen molar-refractivity contribution in [2.45, 2.75) is 18.7 Å². The molecule has 0 spiro atoms. The van der Waals surface area contributed by atoms with Crippen molar-refractivity contribution in [2.75, 3.05) is 11.3 Å². The SMILES string of the molecule is Cc1cc(S(=O)(=O)Nc2ccc(-n3cnnn3)c(C)c2)ccc1OCC(=O)O. The van der Waals surface area contributed by atoms with Crippen LogP contribution >= 0.6 is 0 Å². The van der Waals surface area contributed by atoms with E-state index in [0.717, 1.165) is 11.3 Å². The third-order valence-corrected chi connectivity index (χ3v) is 5.23. The molecule has 0 amide bonds. The van der Waals surface area contributed by atoms with Gasteiger partial charge in [0, 0.05) is 5.69 Å². The monoisotopic (exact) mass is 403 g/mol. The molecule has 10 nitrogen and oxygen atoms in total. The predicted octanol–water partition coefficient (Wildman–Crippen LogP) is 1.54. The van der Waals surface area contributed by atoms with Gasteiger partial charge in [-0.2, -0.15) is 0 Å². The predicted molar refractivity (Wildman–Crippen MR) is 99.0 cm³/mol. The maximum atomic E-state index is 12.7. The number of aryl methyl sites for hydroxylation is 2. The number of aromatic nitrogens is 4. The number of hydrogen-bond acceptors (Lipinski definition) is 7. The number of carbonyl (C=O) groups is 1. The lowest BCUT2D eigenvalue weighted by Gasteiger charge is -2.13. The molecule has 1 heterocycles. The fourth-order valence-corrected chi connectivity index (χ4v) is 3.69. The zero-order valence-corrected chi connectivity index (χ0v) is 15.8. The molecule has 0 aliphatic rings. The zero-order chi connectivity index (χ0) is 20.3. The average Bonchev–Trinajstić information content (AvgIpc) is 3.14. The highest BCUT2D eigenvalue weighted by Crippen LogP contribution is 2.25. The van der Waals surface area contributed by atoms with Crippen molar-refractivity contribution in [1.29, 1.82) is 0 Å². The fraction of sp³-hybridized carbons (Fsp3) is 0.176. The van der Waals surface area contributed by atoms with Crippen molar-refractivity contribution in [1.82, 2.24) is 20.2 Å². The molecule has 146 valence electrons. The van der Waals surface area contributed by atoms with Crippen LogP contribution in [0.1, 0.15) is 11.1 Å². The Morgan fingerprint density at radius 2 is 1.96 bits per heavy atom. The van der Waals surface area contributed by atoms with Crippen LogP contribution < -0.4 is 9.46 Å². The van der Waals surface area contributed by atoms with Gasteiger partial charge in [0.2, 0.25) is 0 Å². The van der Waals surface area contributed by atoms with Gasteiger partial charge in [-0.05, 0) is 71.8 Å². The molecule has 28 heavy (non-hydrogen) atoms. The summed E-state index contributed by atoms with van der Waals surface area (Å²) in [4.78, 5) is 10.6. The lowest BCUT2D eigenvalue weighted by molar-refractivity contribution is -0.139. The molecule has 11 heteroatoms. The van der Waals surface area contributed by atoms with E-state index in [4.69, 9.17) is 9.84 Å². The third-order valence-electron chi connectivity index (χ3n) is 3.85. The average molecular weight is 403 g/mol. The minimum absolute atomic E-state index is 0.0369. The van der Waals surface area contributed by atoms with Gasteiger partial charge in [-0.3, -0.25) is 4.72 Å². The molecule has 3 rings (SSSR count). The van der Waals surface area contributed by atoms with E-state index in [9.17, 15) is 13.2 Å². The van der Waals surface area contributed by atoms with Crippen molar-refractivity contribution >= 4 is 21.7 Å². The van der Waals surface area contributed by atoms with Gasteiger partial charge in [0.15, 0.2) is 6.61 Å². The van der Waals surface area contributed by atoms with Gasteiger partial charge in [-0.1, -0.05) is 0 Å². The van der Waals surface area contributed by atoms with Crippen LogP contribution in [0.2, 0.25) is 0 Å². The summed E-state index contributed by atoms with van der Waals surface area (Å²) in [5, 5.41) is 19.6. The standard InChI is InChI=1S/C17H17N5O5S/c1-11-7-13(3-5-15(11)22-10-18-20-21-22)19-28(25,26)14-4-6-16(12(2)8-14)27-9-17(23)24/h3-8,10,19H,9H2,1-2H3,(H,23,24). The quantitative estimate of drug-likeness (QED) is 0.606. The zero-order valence-electron chi connectivity index (χ0n) is 15.0. The van der Waals surface area contributed by atoms with Gasteiger partial charge >= 0.3 is 5.97 Å². The van der Waals surface area contributed by atoms with Crippen LogP contribution in [0.25, 0.3) is 5.69 Å². The normalized spacial score (nSPS) is 11.2. The Balaban J connectivity index is 1.81. The van der Waals surface area contributed by atoms with Crippen LogP contribution in [-0.4, -0.2) is 46.3 Å². The number of carboxylic acids is 1. The molecule has 0 unspecified atom stereocenters. The number of nitrogens with one attached hydrogen (secondary N) is 1. The number of carboxylic acid groups (broad SMARTS) is 1. The van der Waals surface area contributed by atoms with E-state index in [1.165, 1.54) is 29.2 Å². The highest BCUT2D eigenvalue weighted by atomic mass is 32.2. The Morgan fingerprint density at radius 3 is 2.57 bits per heavy atom. The van der Waals surface area contributed by atoms with E-state index >= 15 is 0 Å². The number of sulfonamides is 1. The molecular weight excluding hydrogens is 386 g/mol. The second-order valence-electron chi connectivity index (χ2n) is 5.97. The first-order chi connectivity index (χ1) is 13.3. The number of anilines is 1. The van der Waals surface area contributed by atoms with Crippen molar-refractivity contribution in [3.63, 3.8) is 0 Å². The molecule has 0 fully saturated rings. The van der Waals surface area contributed by atoms with Gasteiger partial charge in [0.05, 0.1) is 10.6 Å². The molecule has 0 saturated carbocycles. The molecule has 0 saturated heterocycles. The first-order valence-electron chi connectivity index (χ1n) is 8.08. The molecule has 3 aromatic rings. The van der Waals surface area contributed by atoms with Crippen LogP contribution in [0, 0.1) is 13.8 Å². The maximum Gasteiger partial charge on any atom is 0.341 e. The number of nitrogens with zero attached hydrogens (tertiary/aromatic N) is 4. The van der Waals surface area contributed by atoms with E-state index in [2.05, 4.69) is 20.2 Å². The Hall–Kier alpha value is -3.47. The molecule has 0 radical (unpaired) electrons. The first-order valence-corrected chi connectivity index (χ1v) is 9.56. The molecule has 2 N–H and O–H groups in total. The van der Waals surface area contributed by atoms with Gasteiger partial charge in [0.25, 0.3) is 10.0 Å². The first kappa shape index (κ1) is 19.3.